The fraction of sp³-hybridized carbons (Fsp3) is 0.100. The Morgan fingerprint density at radius 3 is 2.80 bits per heavy atom. The number of hydrogen-bond acceptors (Lipinski definition) is 2. The standard InChI is InChI=1S/C10H7Cl2NO2/c1-5(14)15-8-4-13-10-6(8)2-3-7(11)9(10)12/h2-4,13H,1H3. The van der Waals surface area contributed by atoms with Gasteiger partial charge in [-0.3, -0.25) is 4.79 Å². The number of hydrogen-bond donors (Lipinski definition) is 1. The van der Waals surface area contributed by atoms with E-state index < -0.39 is 0 Å². The number of ether oxygens (including phenoxy) is 1. The van der Waals surface area contributed by atoms with E-state index in [0.717, 1.165) is 5.39 Å². The van der Waals surface area contributed by atoms with Crippen molar-refractivity contribution >= 4 is 40.1 Å². The van der Waals surface area contributed by atoms with Crippen LogP contribution >= 0.6 is 23.2 Å². The monoisotopic (exact) mass is 243 g/mol. The quantitative estimate of drug-likeness (QED) is 0.781. The highest BCUT2D eigenvalue weighted by Crippen LogP contribution is 2.34. The van der Waals surface area contributed by atoms with Gasteiger partial charge in [-0.05, 0) is 12.1 Å². The van der Waals surface area contributed by atoms with Crippen molar-refractivity contribution < 1.29 is 9.53 Å². The molecule has 0 bridgehead atoms. The first-order valence-electron chi connectivity index (χ1n) is 4.23. The van der Waals surface area contributed by atoms with Crippen molar-refractivity contribution in [3.8, 4) is 5.75 Å². The second-order valence-corrected chi connectivity index (χ2v) is 3.82. The van der Waals surface area contributed by atoms with Gasteiger partial charge in [0.05, 0.1) is 15.6 Å². The Morgan fingerprint density at radius 1 is 1.40 bits per heavy atom. The lowest BCUT2D eigenvalue weighted by atomic mass is 10.2. The molecular weight excluding hydrogens is 237 g/mol. The normalized spacial score (nSPS) is 10.6. The molecule has 2 aromatic rings. The zero-order chi connectivity index (χ0) is 11.0. The molecule has 1 heterocycles. The lowest BCUT2D eigenvalue weighted by Crippen LogP contribution is -2.00. The van der Waals surface area contributed by atoms with Crippen molar-refractivity contribution in [2.75, 3.05) is 0 Å². The molecule has 2 rings (SSSR count). The van der Waals surface area contributed by atoms with E-state index in [1.165, 1.54) is 6.92 Å². The lowest BCUT2D eigenvalue weighted by molar-refractivity contribution is -0.131. The van der Waals surface area contributed by atoms with Gasteiger partial charge in [-0.25, -0.2) is 0 Å². The zero-order valence-electron chi connectivity index (χ0n) is 7.80. The van der Waals surface area contributed by atoms with Crippen molar-refractivity contribution in [1.29, 1.82) is 0 Å². The Kier molecular flexibility index (Phi) is 2.59. The first kappa shape index (κ1) is 10.3. The molecule has 0 spiro atoms. The number of fused-ring (bicyclic) bond motifs is 1. The first-order valence-corrected chi connectivity index (χ1v) is 4.98. The smallest absolute Gasteiger partial charge is 0.308 e. The predicted molar refractivity (Wildman–Crippen MR) is 59.6 cm³/mol. The highest BCUT2D eigenvalue weighted by molar-refractivity contribution is 6.45. The van der Waals surface area contributed by atoms with Gasteiger partial charge in [-0.2, -0.15) is 0 Å². The number of nitrogens with one attached hydrogen (secondary N) is 1. The Morgan fingerprint density at radius 2 is 2.13 bits per heavy atom. The van der Waals surface area contributed by atoms with Crippen molar-refractivity contribution in [3.05, 3.63) is 28.4 Å². The van der Waals surface area contributed by atoms with Crippen molar-refractivity contribution in [2.45, 2.75) is 6.92 Å². The fourth-order valence-corrected chi connectivity index (χ4v) is 1.73. The topological polar surface area (TPSA) is 42.1 Å². The van der Waals surface area contributed by atoms with Crippen LogP contribution in [0.2, 0.25) is 10.0 Å². The molecule has 0 unspecified atom stereocenters. The van der Waals surface area contributed by atoms with Crippen molar-refractivity contribution in [3.63, 3.8) is 0 Å². The van der Waals surface area contributed by atoms with Gasteiger partial charge < -0.3 is 9.72 Å². The number of benzene rings is 1. The highest BCUT2D eigenvalue weighted by Gasteiger charge is 2.11. The van der Waals surface area contributed by atoms with Crippen LogP contribution in [-0.2, 0) is 4.79 Å². The molecule has 78 valence electrons. The number of aromatic nitrogens is 1. The van der Waals surface area contributed by atoms with Crippen LogP contribution in [0.15, 0.2) is 18.3 Å². The maximum absolute atomic E-state index is 10.8. The van der Waals surface area contributed by atoms with Gasteiger partial charge in [0.15, 0.2) is 5.75 Å². The van der Waals surface area contributed by atoms with Crippen LogP contribution in [-0.4, -0.2) is 11.0 Å². The van der Waals surface area contributed by atoms with Gasteiger partial charge in [0, 0.05) is 18.5 Å². The molecule has 0 atom stereocenters. The van der Waals surface area contributed by atoms with Gasteiger partial charge in [-0.15, -0.1) is 0 Å². The summed E-state index contributed by atoms with van der Waals surface area (Å²) >= 11 is 11.8. The molecule has 5 heteroatoms. The minimum Gasteiger partial charge on any atom is -0.424 e. The molecule has 0 saturated carbocycles. The third-order valence-electron chi connectivity index (χ3n) is 1.96. The third-order valence-corrected chi connectivity index (χ3v) is 2.77. The molecule has 1 aromatic carbocycles. The first-order chi connectivity index (χ1) is 7.09. The number of esters is 1. The summed E-state index contributed by atoms with van der Waals surface area (Å²) in [5, 5.41) is 1.62. The van der Waals surface area contributed by atoms with Gasteiger partial charge in [0.25, 0.3) is 0 Å². The molecule has 1 aromatic heterocycles. The maximum Gasteiger partial charge on any atom is 0.308 e. The van der Waals surface area contributed by atoms with Crippen LogP contribution < -0.4 is 4.74 Å². The van der Waals surface area contributed by atoms with E-state index in [9.17, 15) is 4.79 Å². The summed E-state index contributed by atoms with van der Waals surface area (Å²) in [4.78, 5) is 13.7. The number of carbonyl (C=O) groups is 1. The Hall–Kier alpha value is -1.19. The average Bonchev–Trinajstić information content (AvgIpc) is 2.55. The van der Waals surface area contributed by atoms with E-state index >= 15 is 0 Å². The molecule has 0 aliphatic heterocycles. The maximum atomic E-state index is 10.8. The summed E-state index contributed by atoms with van der Waals surface area (Å²) in [5.41, 5.74) is 0.667. The molecule has 0 saturated heterocycles. The number of aromatic amines is 1. The van der Waals surface area contributed by atoms with E-state index in [4.69, 9.17) is 27.9 Å². The molecule has 1 N–H and O–H groups in total. The average molecular weight is 244 g/mol. The predicted octanol–water partition coefficient (Wildman–Crippen LogP) is 3.40. The largest absolute Gasteiger partial charge is 0.424 e. The number of halogens is 2. The van der Waals surface area contributed by atoms with E-state index in [1.807, 2.05) is 0 Å². The van der Waals surface area contributed by atoms with E-state index in [-0.39, 0.29) is 5.97 Å². The van der Waals surface area contributed by atoms with Crippen LogP contribution in [0.25, 0.3) is 10.9 Å². The molecule has 3 nitrogen and oxygen atoms in total. The van der Waals surface area contributed by atoms with Gasteiger partial charge in [-0.1, -0.05) is 23.2 Å². The minimum absolute atomic E-state index is 0.373. The summed E-state index contributed by atoms with van der Waals surface area (Å²) in [6.45, 7) is 1.34. The third kappa shape index (κ3) is 1.80. The molecular formula is C10H7Cl2NO2. The van der Waals surface area contributed by atoms with Crippen LogP contribution in [0.1, 0.15) is 6.92 Å². The number of H-pyrrole nitrogens is 1. The molecule has 15 heavy (non-hydrogen) atoms. The molecule has 0 aliphatic carbocycles. The Balaban J connectivity index is 2.61. The Labute approximate surface area is 95.9 Å². The summed E-state index contributed by atoms with van der Waals surface area (Å²) in [5.74, 6) is 0.0815. The SMILES string of the molecule is CC(=O)Oc1c[nH]c2c(Cl)c(Cl)ccc12. The minimum atomic E-state index is -0.373. The highest BCUT2D eigenvalue weighted by atomic mass is 35.5. The van der Waals surface area contributed by atoms with Crippen LogP contribution in [0, 0.1) is 0 Å². The van der Waals surface area contributed by atoms with E-state index in [0.29, 0.717) is 21.3 Å². The number of rotatable bonds is 1. The van der Waals surface area contributed by atoms with Crippen LogP contribution in [0.4, 0.5) is 0 Å². The van der Waals surface area contributed by atoms with Crippen LogP contribution in [0.3, 0.4) is 0 Å². The van der Waals surface area contributed by atoms with Crippen LogP contribution in [0.5, 0.6) is 5.75 Å². The van der Waals surface area contributed by atoms with Gasteiger partial charge >= 0.3 is 5.97 Å². The summed E-state index contributed by atoms with van der Waals surface area (Å²) in [6, 6.07) is 3.41. The second-order valence-electron chi connectivity index (χ2n) is 3.03. The molecule has 0 radical (unpaired) electrons. The van der Waals surface area contributed by atoms with E-state index in [2.05, 4.69) is 4.98 Å². The summed E-state index contributed by atoms with van der Waals surface area (Å²) in [6.07, 6.45) is 1.58. The number of carbonyl (C=O) groups excluding carboxylic acids is 1. The molecule has 0 amide bonds. The Bertz CT molecular complexity index is 533. The molecule has 0 fully saturated rings. The fourth-order valence-electron chi connectivity index (χ4n) is 1.35. The van der Waals surface area contributed by atoms with E-state index in [1.54, 1.807) is 18.3 Å². The molecule has 0 aliphatic rings. The second kappa shape index (κ2) is 3.76. The summed E-state index contributed by atoms with van der Waals surface area (Å²) < 4.78 is 4.99. The lowest BCUT2D eigenvalue weighted by Gasteiger charge is -1.99. The zero-order valence-corrected chi connectivity index (χ0v) is 9.32. The van der Waals surface area contributed by atoms with Crippen molar-refractivity contribution in [2.24, 2.45) is 0 Å². The van der Waals surface area contributed by atoms with Crippen molar-refractivity contribution in [1.82, 2.24) is 4.98 Å². The van der Waals surface area contributed by atoms with Gasteiger partial charge in [0.2, 0.25) is 0 Å². The van der Waals surface area contributed by atoms with Gasteiger partial charge in [0.1, 0.15) is 0 Å². The summed E-state index contributed by atoms with van der Waals surface area (Å²) in [7, 11) is 0.